The number of aliphatic hydroxyl groups excluding tert-OH is 1. The molecule has 0 aliphatic carbocycles. The van der Waals surface area contributed by atoms with Crippen LogP contribution in [0, 0.1) is 5.92 Å². The van der Waals surface area contributed by atoms with E-state index in [0.717, 1.165) is 18.7 Å². The molecule has 2 N–H and O–H groups in total. The van der Waals surface area contributed by atoms with Crippen molar-refractivity contribution in [3.63, 3.8) is 0 Å². The summed E-state index contributed by atoms with van der Waals surface area (Å²) in [6, 6.07) is 10.5. The minimum atomic E-state index is 0.193. The molecule has 1 atom stereocenters. The molecule has 0 unspecified atom stereocenters. The van der Waals surface area contributed by atoms with Crippen LogP contribution in [0.25, 0.3) is 0 Å². The Morgan fingerprint density at radius 1 is 1.24 bits per heavy atom. The van der Waals surface area contributed by atoms with Crippen LogP contribution >= 0.6 is 11.8 Å². The molecule has 0 aliphatic rings. The van der Waals surface area contributed by atoms with Crippen molar-refractivity contribution in [1.29, 1.82) is 0 Å². The Balaban J connectivity index is 2.23. The number of hydrogen-bond donors (Lipinski definition) is 2. The molecule has 0 radical (unpaired) electrons. The fourth-order valence-electron chi connectivity index (χ4n) is 1.47. The van der Waals surface area contributed by atoms with E-state index in [0.29, 0.717) is 5.92 Å². The van der Waals surface area contributed by atoms with Crippen LogP contribution in [0.3, 0.4) is 0 Å². The smallest absolute Gasteiger partial charge is 0.0592 e. The second-order valence-corrected chi connectivity index (χ2v) is 5.73. The monoisotopic (exact) mass is 253 g/mol. The van der Waals surface area contributed by atoms with E-state index in [1.165, 1.54) is 4.90 Å². The van der Waals surface area contributed by atoms with Gasteiger partial charge in [-0.05, 0) is 31.0 Å². The van der Waals surface area contributed by atoms with Gasteiger partial charge in [0, 0.05) is 16.7 Å². The first kappa shape index (κ1) is 14.6. The Labute approximate surface area is 109 Å². The van der Waals surface area contributed by atoms with Gasteiger partial charge in [-0.1, -0.05) is 32.0 Å². The lowest BCUT2D eigenvalue weighted by molar-refractivity contribution is 0.252. The maximum Gasteiger partial charge on any atom is 0.0592 e. The molecule has 2 nitrogen and oxygen atoms in total. The molecule has 0 bridgehead atoms. The topological polar surface area (TPSA) is 32.3 Å². The van der Waals surface area contributed by atoms with Gasteiger partial charge >= 0.3 is 0 Å². The molecule has 0 aliphatic heterocycles. The zero-order valence-corrected chi connectivity index (χ0v) is 11.5. The number of thioether (sulfide) groups is 1. The lowest BCUT2D eigenvalue weighted by Crippen LogP contribution is -2.35. The number of nitrogens with one attached hydrogen (secondary N) is 1. The van der Waals surface area contributed by atoms with Crippen molar-refractivity contribution in [3.8, 4) is 0 Å². The fraction of sp³-hybridized carbons (Fsp3) is 0.571. The van der Waals surface area contributed by atoms with Gasteiger partial charge in [-0.15, -0.1) is 11.8 Å². The molecule has 96 valence electrons. The highest BCUT2D eigenvalue weighted by Gasteiger charge is 2.07. The van der Waals surface area contributed by atoms with Crippen molar-refractivity contribution in [3.05, 3.63) is 30.3 Å². The summed E-state index contributed by atoms with van der Waals surface area (Å²) in [5, 5.41) is 12.7. The molecule has 3 heteroatoms. The van der Waals surface area contributed by atoms with Gasteiger partial charge < -0.3 is 10.4 Å². The van der Waals surface area contributed by atoms with E-state index in [1.54, 1.807) is 11.8 Å². The molecule has 0 heterocycles. The maximum atomic E-state index is 9.29. The van der Waals surface area contributed by atoms with Crippen molar-refractivity contribution < 1.29 is 5.11 Å². The maximum absolute atomic E-state index is 9.29. The van der Waals surface area contributed by atoms with E-state index < -0.39 is 0 Å². The highest BCUT2D eigenvalue weighted by atomic mass is 32.2. The first-order valence-electron chi connectivity index (χ1n) is 6.24. The quantitative estimate of drug-likeness (QED) is 0.699. The first-order valence-corrected chi connectivity index (χ1v) is 7.23. The van der Waals surface area contributed by atoms with Gasteiger partial charge in [-0.2, -0.15) is 0 Å². The molecule has 1 aromatic carbocycles. The predicted octanol–water partition coefficient (Wildman–Crippen LogP) is 2.78. The molecule has 1 aromatic rings. The molecule has 0 amide bonds. The van der Waals surface area contributed by atoms with E-state index in [1.807, 2.05) is 18.2 Å². The third kappa shape index (κ3) is 6.71. The zero-order valence-electron chi connectivity index (χ0n) is 10.7. The molecule has 0 fully saturated rings. The Bertz CT molecular complexity index is 290. The highest BCUT2D eigenvalue weighted by Crippen LogP contribution is 2.17. The van der Waals surface area contributed by atoms with E-state index in [2.05, 4.69) is 31.3 Å². The van der Waals surface area contributed by atoms with Crippen LogP contribution < -0.4 is 5.32 Å². The molecule has 0 saturated carbocycles. The van der Waals surface area contributed by atoms with Gasteiger partial charge in [0.2, 0.25) is 0 Å². The van der Waals surface area contributed by atoms with Gasteiger partial charge in [-0.25, -0.2) is 0 Å². The minimum Gasteiger partial charge on any atom is -0.395 e. The summed E-state index contributed by atoms with van der Waals surface area (Å²) in [6.45, 7) is 5.62. The fourth-order valence-corrected chi connectivity index (χ4v) is 2.43. The number of rotatable bonds is 8. The lowest BCUT2D eigenvalue weighted by atomic mass is 10.1. The zero-order chi connectivity index (χ0) is 12.5. The Morgan fingerprint density at radius 3 is 2.53 bits per heavy atom. The second-order valence-electron chi connectivity index (χ2n) is 4.64. The summed E-state index contributed by atoms with van der Waals surface area (Å²) >= 11 is 1.79. The minimum absolute atomic E-state index is 0.193. The summed E-state index contributed by atoms with van der Waals surface area (Å²) in [6.07, 6.45) is 1.16. The highest BCUT2D eigenvalue weighted by molar-refractivity contribution is 7.99. The van der Waals surface area contributed by atoms with Crippen molar-refractivity contribution in [2.24, 2.45) is 5.92 Å². The molecule has 0 aromatic heterocycles. The van der Waals surface area contributed by atoms with Crippen molar-refractivity contribution >= 4 is 11.8 Å². The van der Waals surface area contributed by atoms with E-state index >= 15 is 0 Å². The van der Waals surface area contributed by atoms with Crippen LogP contribution in [-0.4, -0.2) is 30.1 Å². The Hall–Kier alpha value is -0.510. The third-order valence-electron chi connectivity index (χ3n) is 2.57. The van der Waals surface area contributed by atoms with Gasteiger partial charge in [-0.3, -0.25) is 0 Å². The van der Waals surface area contributed by atoms with Crippen LogP contribution in [-0.2, 0) is 0 Å². The molecule has 0 spiro atoms. The Morgan fingerprint density at radius 2 is 1.94 bits per heavy atom. The van der Waals surface area contributed by atoms with E-state index in [9.17, 15) is 5.11 Å². The van der Waals surface area contributed by atoms with Crippen LogP contribution in [0.4, 0.5) is 0 Å². The number of benzene rings is 1. The lowest BCUT2D eigenvalue weighted by Gasteiger charge is -2.16. The normalized spacial score (nSPS) is 12.9. The number of aliphatic hydroxyl groups is 1. The summed E-state index contributed by atoms with van der Waals surface area (Å²) in [7, 11) is 0. The van der Waals surface area contributed by atoms with E-state index in [-0.39, 0.29) is 12.6 Å². The average Bonchev–Trinajstić information content (AvgIpc) is 2.34. The second kappa shape index (κ2) is 8.56. The SMILES string of the molecule is CC(C)CCN[C@H](CO)CSc1ccccc1. The van der Waals surface area contributed by atoms with Gasteiger partial charge in [0.15, 0.2) is 0 Å². The summed E-state index contributed by atoms with van der Waals surface area (Å²) in [5.74, 6) is 1.63. The predicted molar refractivity (Wildman–Crippen MR) is 75.5 cm³/mol. The van der Waals surface area contributed by atoms with Crippen molar-refractivity contribution in [2.75, 3.05) is 18.9 Å². The van der Waals surface area contributed by atoms with Crippen LogP contribution in [0.5, 0.6) is 0 Å². The van der Waals surface area contributed by atoms with Gasteiger partial charge in [0.05, 0.1) is 6.61 Å². The molecule has 0 saturated heterocycles. The largest absolute Gasteiger partial charge is 0.395 e. The molecular formula is C14H23NOS. The average molecular weight is 253 g/mol. The molecular weight excluding hydrogens is 230 g/mol. The van der Waals surface area contributed by atoms with Crippen molar-refractivity contribution in [2.45, 2.75) is 31.2 Å². The van der Waals surface area contributed by atoms with Crippen LogP contribution in [0.1, 0.15) is 20.3 Å². The van der Waals surface area contributed by atoms with E-state index in [4.69, 9.17) is 0 Å². The molecule has 1 rings (SSSR count). The molecule has 17 heavy (non-hydrogen) atoms. The summed E-state index contributed by atoms with van der Waals surface area (Å²) in [4.78, 5) is 1.26. The summed E-state index contributed by atoms with van der Waals surface area (Å²) in [5.41, 5.74) is 0. The Kier molecular flexibility index (Phi) is 7.33. The standard InChI is InChI=1S/C14H23NOS/c1-12(2)8-9-15-13(10-16)11-17-14-6-4-3-5-7-14/h3-7,12-13,15-16H,8-11H2,1-2H3/t13-/m1/s1. The summed E-state index contributed by atoms with van der Waals surface area (Å²) < 4.78 is 0. The first-order chi connectivity index (χ1) is 8.22. The third-order valence-corrected chi connectivity index (χ3v) is 3.74. The van der Waals surface area contributed by atoms with Crippen molar-refractivity contribution in [1.82, 2.24) is 5.32 Å². The van der Waals surface area contributed by atoms with Crippen LogP contribution in [0.15, 0.2) is 35.2 Å². The van der Waals surface area contributed by atoms with Gasteiger partial charge in [0.1, 0.15) is 0 Å². The van der Waals surface area contributed by atoms with Crippen LogP contribution in [0.2, 0.25) is 0 Å². The van der Waals surface area contributed by atoms with Gasteiger partial charge in [0.25, 0.3) is 0 Å². The number of hydrogen-bond acceptors (Lipinski definition) is 3.